The Bertz CT molecular complexity index is 598. The molecule has 2 aromatic rings. The largest absolute Gasteiger partial charge is 0.481 e. The van der Waals surface area contributed by atoms with Gasteiger partial charge in [-0.25, -0.2) is 0 Å². The Hall–Kier alpha value is -2.76. The first-order valence-corrected chi connectivity index (χ1v) is 6.40. The van der Waals surface area contributed by atoms with Crippen molar-refractivity contribution in [1.82, 2.24) is 4.90 Å². The maximum atomic E-state index is 12.1. The van der Waals surface area contributed by atoms with E-state index in [1.165, 1.54) is 29.6 Å². The van der Waals surface area contributed by atoms with Gasteiger partial charge in [0.1, 0.15) is 11.5 Å². The van der Waals surface area contributed by atoms with Crippen LogP contribution in [0.1, 0.15) is 17.9 Å². The molecule has 0 atom stereocenters. The van der Waals surface area contributed by atoms with Gasteiger partial charge in [0.25, 0.3) is 0 Å². The zero-order valence-corrected chi connectivity index (χ0v) is 11.3. The van der Waals surface area contributed by atoms with Crippen molar-refractivity contribution < 1.29 is 23.5 Å². The lowest BCUT2D eigenvalue weighted by molar-refractivity contribution is -0.138. The maximum absolute atomic E-state index is 12.1. The Balaban J connectivity index is 2.02. The summed E-state index contributed by atoms with van der Waals surface area (Å²) in [7, 11) is 0. The first-order valence-electron chi connectivity index (χ1n) is 6.40. The highest BCUT2D eigenvalue weighted by Gasteiger charge is 2.14. The van der Waals surface area contributed by atoms with Crippen molar-refractivity contribution in [2.75, 3.05) is 6.54 Å². The van der Waals surface area contributed by atoms with E-state index in [0.717, 1.165) is 0 Å². The van der Waals surface area contributed by atoms with Gasteiger partial charge in [-0.2, -0.15) is 0 Å². The number of furan rings is 2. The first-order chi connectivity index (χ1) is 10.1. The Morgan fingerprint density at radius 3 is 2.57 bits per heavy atom. The van der Waals surface area contributed by atoms with Crippen molar-refractivity contribution >= 4 is 18.0 Å². The van der Waals surface area contributed by atoms with Crippen LogP contribution >= 0.6 is 0 Å². The summed E-state index contributed by atoms with van der Waals surface area (Å²) >= 11 is 0. The lowest BCUT2D eigenvalue weighted by Gasteiger charge is -2.19. The van der Waals surface area contributed by atoms with Crippen LogP contribution in [0.5, 0.6) is 0 Å². The van der Waals surface area contributed by atoms with Gasteiger partial charge in [0.15, 0.2) is 0 Å². The smallest absolute Gasteiger partial charge is 0.305 e. The second kappa shape index (κ2) is 7.14. The third kappa shape index (κ3) is 4.68. The number of nitrogens with zero attached hydrogens (tertiary/aromatic N) is 1. The zero-order chi connectivity index (χ0) is 15.1. The van der Waals surface area contributed by atoms with Crippen molar-refractivity contribution in [3.8, 4) is 0 Å². The van der Waals surface area contributed by atoms with E-state index in [1.54, 1.807) is 24.3 Å². The van der Waals surface area contributed by atoms with E-state index in [2.05, 4.69) is 0 Å². The molecule has 0 aromatic carbocycles. The van der Waals surface area contributed by atoms with Crippen LogP contribution in [0.25, 0.3) is 6.08 Å². The second-order valence-corrected chi connectivity index (χ2v) is 4.33. The predicted molar refractivity (Wildman–Crippen MR) is 74.1 cm³/mol. The van der Waals surface area contributed by atoms with E-state index < -0.39 is 5.97 Å². The number of hydrogen-bond acceptors (Lipinski definition) is 4. The highest BCUT2D eigenvalue weighted by molar-refractivity contribution is 5.91. The maximum Gasteiger partial charge on any atom is 0.305 e. The van der Waals surface area contributed by atoms with Crippen LogP contribution in [-0.2, 0) is 16.1 Å². The zero-order valence-electron chi connectivity index (χ0n) is 11.3. The molecule has 1 amide bonds. The Kier molecular flexibility index (Phi) is 4.98. The molecule has 2 rings (SSSR count). The molecular weight excluding hydrogens is 274 g/mol. The van der Waals surface area contributed by atoms with E-state index in [0.29, 0.717) is 11.5 Å². The van der Waals surface area contributed by atoms with Crippen LogP contribution < -0.4 is 0 Å². The minimum Gasteiger partial charge on any atom is -0.481 e. The van der Waals surface area contributed by atoms with Gasteiger partial charge in [-0.05, 0) is 30.3 Å². The average molecular weight is 289 g/mol. The minimum absolute atomic E-state index is 0.108. The van der Waals surface area contributed by atoms with Crippen LogP contribution in [0.3, 0.4) is 0 Å². The molecule has 6 nitrogen and oxygen atoms in total. The fourth-order valence-electron chi connectivity index (χ4n) is 1.73. The van der Waals surface area contributed by atoms with Gasteiger partial charge >= 0.3 is 5.97 Å². The summed E-state index contributed by atoms with van der Waals surface area (Å²) in [6.07, 6.45) is 5.78. The standard InChI is InChI=1S/C15H15NO5/c17-14(6-5-12-3-1-9-20-12)16(8-7-15(18)19)11-13-4-2-10-21-13/h1-6,9-10H,7-8,11H2,(H,18,19)/b6-5+. The molecule has 0 bridgehead atoms. The number of carbonyl (C=O) groups is 2. The molecule has 0 unspecified atom stereocenters. The summed E-state index contributed by atoms with van der Waals surface area (Å²) in [6.45, 7) is 0.332. The highest BCUT2D eigenvalue weighted by Crippen LogP contribution is 2.09. The van der Waals surface area contributed by atoms with Gasteiger partial charge < -0.3 is 18.8 Å². The van der Waals surface area contributed by atoms with Crippen LogP contribution in [0, 0.1) is 0 Å². The molecule has 0 saturated heterocycles. The number of hydrogen-bond donors (Lipinski definition) is 1. The molecule has 0 aliphatic heterocycles. The number of carboxylic acid groups (broad SMARTS) is 1. The highest BCUT2D eigenvalue weighted by atomic mass is 16.4. The summed E-state index contributed by atoms with van der Waals surface area (Å²) in [4.78, 5) is 24.2. The van der Waals surface area contributed by atoms with E-state index >= 15 is 0 Å². The quantitative estimate of drug-likeness (QED) is 0.791. The molecule has 2 aromatic heterocycles. The third-order valence-electron chi connectivity index (χ3n) is 2.77. The van der Waals surface area contributed by atoms with Gasteiger partial charge in [0.2, 0.25) is 5.91 Å². The van der Waals surface area contributed by atoms with Gasteiger partial charge in [0, 0.05) is 12.6 Å². The van der Waals surface area contributed by atoms with Gasteiger partial charge in [-0.15, -0.1) is 0 Å². The van der Waals surface area contributed by atoms with Crippen LogP contribution in [0.2, 0.25) is 0 Å². The number of amides is 1. The Labute approximate surface area is 121 Å². The van der Waals surface area contributed by atoms with E-state index in [1.807, 2.05) is 0 Å². The lowest BCUT2D eigenvalue weighted by Crippen LogP contribution is -2.31. The van der Waals surface area contributed by atoms with E-state index in [9.17, 15) is 9.59 Å². The predicted octanol–water partition coefficient (Wildman–Crippen LogP) is 2.39. The third-order valence-corrected chi connectivity index (χ3v) is 2.77. The molecule has 6 heteroatoms. The summed E-state index contributed by atoms with van der Waals surface area (Å²) < 4.78 is 10.3. The molecule has 0 radical (unpaired) electrons. The minimum atomic E-state index is -0.956. The van der Waals surface area contributed by atoms with Crippen molar-refractivity contribution in [2.45, 2.75) is 13.0 Å². The SMILES string of the molecule is O=C(O)CCN(Cc1ccco1)C(=O)/C=C/c1ccco1. The normalized spacial score (nSPS) is 10.9. The molecular formula is C15H15NO5. The molecule has 0 aliphatic rings. The number of rotatable bonds is 7. The monoisotopic (exact) mass is 289 g/mol. The van der Waals surface area contributed by atoms with E-state index in [-0.39, 0.29) is 25.4 Å². The van der Waals surface area contributed by atoms with Crippen LogP contribution in [0.15, 0.2) is 51.7 Å². The molecule has 2 heterocycles. The summed E-state index contributed by atoms with van der Waals surface area (Å²) in [5.74, 6) is -0.106. The average Bonchev–Trinajstić information content (AvgIpc) is 3.13. The molecule has 110 valence electrons. The van der Waals surface area contributed by atoms with Gasteiger partial charge in [-0.1, -0.05) is 0 Å². The fraction of sp³-hybridized carbons (Fsp3) is 0.200. The molecule has 1 N–H and O–H groups in total. The topological polar surface area (TPSA) is 83.9 Å². The summed E-state index contributed by atoms with van der Waals surface area (Å²) in [5, 5.41) is 8.76. The fourth-order valence-corrected chi connectivity index (χ4v) is 1.73. The van der Waals surface area contributed by atoms with Gasteiger partial charge in [-0.3, -0.25) is 9.59 Å². The lowest BCUT2D eigenvalue weighted by atomic mass is 10.3. The number of carbonyl (C=O) groups excluding carboxylic acids is 1. The molecule has 0 fully saturated rings. The Morgan fingerprint density at radius 2 is 1.95 bits per heavy atom. The molecule has 0 aliphatic carbocycles. The van der Waals surface area contributed by atoms with Crippen molar-refractivity contribution in [3.63, 3.8) is 0 Å². The second-order valence-electron chi connectivity index (χ2n) is 4.33. The summed E-state index contributed by atoms with van der Waals surface area (Å²) in [5.41, 5.74) is 0. The first kappa shape index (κ1) is 14.6. The van der Waals surface area contributed by atoms with Crippen LogP contribution in [-0.4, -0.2) is 28.4 Å². The number of aliphatic carboxylic acids is 1. The van der Waals surface area contributed by atoms with Crippen molar-refractivity contribution in [1.29, 1.82) is 0 Å². The number of carboxylic acids is 1. The van der Waals surface area contributed by atoms with Crippen molar-refractivity contribution in [2.24, 2.45) is 0 Å². The van der Waals surface area contributed by atoms with Gasteiger partial charge in [0.05, 0.1) is 25.5 Å². The molecule has 0 spiro atoms. The van der Waals surface area contributed by atoms with Crippen LogP contribution in [0.4, 0.5) is 0 Å². The Morgan fingerprint density at radius 1 is 1.19 bits per heavy atom. The molecule has 21 heavy (non-hydrogen) atoms. The molecule has 0 saturated carbocycles. The van der Waals surface area contributed by atoms with Crippen molar-refractivity contribution in [3.05, 3.63) is 54.4 Å². The summed E-state index contributed by atoms with van der Waals surface area (Å²) in [6, 6.07) is 6.89. The van der Waals surface area contributed by atoms with E-state index in [4.69, 9.17) is 13.9 Å².